The molecule has 0 aliphatic rings. The molecule has 0 saturated carbocycles. The van der Waals surface area contributed by atoms with Crippen molar-refractivity contribution in [1.82, 2.24) is 0 Å². The van der Waals surface area contributed by atoms with Gasteiger partial charge in [-0.25, -0.2) is 4.79 Å². The zero-order chi connectivity index (χ0) is 15.4. The maximum atomic E-state index is 12.0. The lowest BCUT2D eigenvalue weighted by molar-refractivity contribution is -0.141. The molecule has 0 aliphatic heterocycles. The molecule has 1 unspecified atom stereocenters. The minimum absolute atomic E-state index is 0.413. The number of hydrogen-bond donors (Lipinski definition) is 1. The van der Waals surface area contributed by atoms with Gasteiger partial charge in [-0.3, -0.25) is 0 Å². The third kappa shape index (κ3) is 3.90. The van der Waals surface area contributed by atoms with Crippen LogP contribution in [0.5, 0.6) is 0 Å². The highest BCUT2D eigenvalue weighted by atomic mass is 79.9. The second kappa shape index (κ2) is 7.16. The predicted octanol–water partition coefficient (Wildman–Crippen LogP) is 5.08. The third-order valence-corrected chi connectivity index (χ3v) is 4.43. The third-order valence-electron chi connectivity index (χ3n) is 2.89. The van der Waals surface area contributed by atoms with Crippen molar-refractivity contribution in [2.24, 2.45) is 0 Å². The zero-order valence-electron chi connectivity index (χ0n) is 11.1. The summed E-state index contributed by atoms with van der Waals surface area (Å²) in [5.74, 6) is -0.413. The van der Waals surface area contributed by atoms with E-state index >= 15 is 0 Å². The van der Waals surface area contributed by atoms with Crippen LogP contribution in [0.3, 0.4) is 0 Å². The number of hydrogen-bond acceptors (Lipinski definition) is 3. The molecule has 0 fully saturated rings. The van der Waals surface area contributed by atoms with E-state index in [0.29, 0.717) is 20.2 Å². The van der Waals surface area contributed by atoms with Crippen LogP contribution >= 0.6 is 39.1 Å². The topological polar surface area (TPSA) is 38.3 Å². The molecule has 1 atom stereocenters. The predicted molar refractivity (Wildman–Crippen MR) is 89.0 cm³/mol. The van der Waals surface area contributed by atoms with E-state index in [1.165, 1.54) is 7.11 Å². The number of carbonyl (C=O) groups is 1. The number of carbonyl (C=O) groups excluding carboxylic acids is 1. The van der Waals surface area contributed by atoms with Gasteiger partial charge in [0, 0.05) is 4.47 Å². The van der Waals surface area contributed by atoms with E-state index in [2.05, 4.69) is 21.2 Å². The highest BCUT2D eigenvalue weighted by Gasteiger charge is 2.22. The van der Waals surface area contributed by atoms with Crippen LogP contribution < -0.4 is 5.32 Å². The monoisotopic (exact) mass is 387 g/mol. The average molecular weight is 389 g/mol. The van der Waals surface area contributed by atoms with Crippen molar-refractivity contribution in [2.75, 3.05) is 12.4 Å². The molecule has 0 radical (unpaired) electrons. The zero-order valence-corrected chi connectivity index (χ0v) is 14.2. The van der Waals surface area contributed by atoms with E-state index in [9.17, 15) is 4.79 Å². The van der Waals surface area contributed by atoms with Crippen molar-refractivity contribution in [2.45, 2.75) is 6.04 Å². The van der Waals surface area contributed by atoms with Gasteiger partial charge in [0.1, 0.15) is 0 Å². The highest BCUT2D eigenvalue weighted by molar-refractivity contribution is 9.10. The van der Waals surface area contributed by atoms with Gasteiger partial charge in [0.25, 0.3) is 0 Å². The van der Waals surface area contributed by atoms with Gasteiger partial charge in [0.15, 0.2) is 6.04 Å². The van der Waals surface area contributed by atoms with Crippen LogP contribution in [0.15, 0.2) is 46.9 Å². The van der Waals surface area contributed by atoms with E-state index in [1.807, 2.05) is 12.1 Å². The molecule has 21 heavy (non-hydrogen) atoms. The summed E-state index contributed by atoms with van der Waals surface area (Å²) in [6.45, 7) is 0. The van der Waals surface area contributed by atoms with Crippen molar-refractivity contribution in [1.29, 1.82) is 0 Å². The molecule has 110 valence electrons. The summed E-state index contributed by atoms with van der Waals surface area (Å²) in [5.41, 5.74) is 1.37. The molecule has 2 aromatic rings. The SMILES string of the molecule is COC(=O)C(Nc1ccccc1Cl)c1ccc(Cl)c(Br)c1. The van der Waals surface area contributed by atoms with Crippen LogP contribution in [0.1, 0.15) is 11.6 Å². The lowest BCUT2D eigenvalue weighted by atomic mass is 10.1. The summed E-state index contributed by atoms with van der Waals surface area (Å²) in [7, 11) is 1.34. The van der Waals surface area contributed by atoms with E-state index < -0.39 is 12.0 Å². The number of anilines is 1. The molecule has 6 heteroatoms. The van der Waals surface area contributed by atoms with E-state index in [-0.39, 0.29) is 0 Å². The highest BCUT2D eigenvalue weighted by Crippen LogP contribution is 2.30. The first-order chi connectivity index (χ1) is 10.0. The average Bonchev–Trinajstić information content (AvgIpc) is 2.48. The van der Waals surface area contributed by atoms with Crippen LogP contribution in [-0.2, 0) is 9.53 Å². The lowest BCUT2D eigenvalue weighted by Crippen LogP contribution is -2.22. The number of halogens is 3. The van der Waals surface area contributed by atoms with Gasteiger partial charge in [0.05, 0.1) is 22.8 Å². The summed E-state index contributed by atoms with van der Waals surface area (Å²) in [4.78, 5) is 12.0. The molecule has 1 N–H and O–H groups in total. The fourth-order valence-corrected chi connectivity index (χ4v) is 2.53. The van der Waals surface area contributed by atoms with Gasteiger partial charge in [-0.2, -0.15) is 0 Å². The first kappa shape index (κ1) is 16.1. The molecule has 0 saturated heterocycles. The van der Waals surface area contributed by atoms with Crippen molar-refractivity contribution < 1.29 is 9.53 Å². The Bertz CT molecular complexity index is 664. The number of para-hydroxylation sites is 1. The van der Waals surface area contributed by atoms with Gasteiger partial charge >= 0.3 is 5.97 Å². The molecular weight excluding hydrogens is 377 g/mol. The van der Waals surface area contributed by atoms with Gasteiger partial charge in [0.2, 0.25) is 0 Å². The summed E-state index contributed by atoms with van der Waals surface area (Å²) in [6.07, 6.45) is 0. The number of ether oxygens (including phenoxy) is 1. The summed E-state index contributed by atoms with van der Waals surface area (Å²) < 4.78 is 5.56. The lowest BCUT2D eigenvalue weighted by Gasteiger charge is -2.19. The Hall–Kier alpha value is -1.23. The van der Waals surface area contributed by atoms with E-state index in [1.54, 1.807) is 30.3 Å². The summed E-state index contributed by atoms with van der Waals surface area (Å²) in [6, 6.07) is 11.8. The molecule has 2 rings (SSSR count). The number of methoxy groups -OCH3 is 1. The maximum absolute atomic E-state index is 12.0. The van der Waals surface area contributed by atoms with Crippen molar-refractivity contribution >= 4 is 50.8 Å². The fraction of sp³-hybridized carbons (Fsp3) is 0.133. The molecule has 0 aliphatic carbocycles. The Labute approximate surface area is 141 Å². The standard InChI is InChI=1S/C15H12BrCl2NO2/c1-21-15(20)14(9-6-7-11(17)10(16)8-9)19-13-5-3-2-4-12(13)18/h2-8,14,19H,1H3. The number of nitrogens with one attached hydrogen (secondary N) is 1. The van der Waals surface area contributed by atoms with Crippen molar-refractivity contribution in [3.8, 4) is 0 Å². The smallest absolute Gasteiger partial charge is 0.332 e. The Balaban J connectivity index is 2.37. The Morgan fingerprint density at radius 2 is 1.90 bits per heavy atom. The molecule has 0 aromatic heterocycles. The minimum atomic E-state index is -0.677. The first-order valence-corrected chi connectivity index (χ1v) is 7.61. The molecule has 3 nitrogen and oxygen atoms in total. The number of esters is 1. The second-order valence-corrected chi connectivity index (χ2v) is 5.92. The maximum Gasteiger partial charge on any atom is 0.332 e. The van der Waals surface area contributed by atoms with E-state index in [4.69, 9.17) is 27.9 Å². The molecule has 2 aromatic carbocycles. The summed E-state index contributed by atoms with van der Waals surface area (Å²) in [5, 5.41) is 4.19. The second-order valence-electron chi connectivity index (χ2n) is 4.25. The van der Waals surface area contributed by atoms with Crippen LogP contribution in [-0.4, -0.2) is 13.1 Å². The van der Waals surface area contributed by atoms with Crippen LogP contribution in [0, 0.1) is 0 Å². The Morgan fingerprint density at radius 1 is 1.19 bits per heavy atom. The van der Waals surface area contributed by atoms with Gasteiger partial charge in [-0.15, -0.1) is 0 Å². The molecule has 0 spiro atoms. The molecule has 0 amide bonds. The Kier molecular flexibility index (Phi) is 5.51. The van der Waals surface area contributed by atoms with Crippen LogP contribution in [0.4, 0.5) is 5.69 Å². The van der Waals surface area contributed by atoms with Crippen molar-refractivity contribution in [3.05, 3.63) is 62.5 Å². The van der Waals surface area contributed by atoms with Crippen LogP contribution in [0.25, 0.3) is 0 Å². The molecule has 0 bridgehead atoms. The summed E-state index contributed by atoms with van der Waals surface area (Å²) >= 11 is 15.4. The first-order valence-electron chi connectivity index (χ1n) is 6.06. The van der Waals surface area contributed by atoms with Gasteiger partial charge in [-0.1, -0.05) is 41.4 Å². The largest absolute Gasteiger partial charge is 0.467 e. The number of benzene rings is 2. The fourth-order valence-electron chi connectivity index (χ4n) is 1.82. The minimum Gasteiger partial charge on any atom is -0.467 e. The number of rotatable bonds is 4. The van der Waals surface area contributed by atoms with E-state index in [0.717, 1.165) is 5.56 Å². The van der Waals surface area contributed by atoms with Gasteiger partial charge in [-0.05, 0) is 45.8 Å². The van der Waals surface area contributed by atoms with Crippen molar-refractivity contribution in [3.63, 3.8) is 0 Å². The molecular formula is C15H12BrCl2NO2. The Morgan fingerprint density at radius 3 is 2.52 bits per heavy atom. The molecule has 0 heterocycles. The van der Waals surface area contributed by atoms with Gasteiger partial charge < -0.3 is 10.1 Å². The normalized spacial score (nSPS) is 11.8. The van der Waals surface area contributed by atoms with Crippen LogP contribution in [0.2, 0.25) is 10.0 Å². The quantitative estimate of drug-likeness (QED) is 0.742.